The topological polar surface area (TPSA) is 84.6 Å². The molecule has 7 heteroatoms. The van der Waals surface area contributed by atoms with Gasteiger partial charge in [-0.2, -0.15) is 5.10 Å². The van der Waals surface area contributed by atoms with Gasteiger partial charge in [-0.3, -0.25) is 14.9 Å². The van der Waals surface area contributed by atoms with Crippen molar-refractivity contribution in [3.63, 3.8) is 0 Å². The Hall–Kier alpha value is -2.54. The number of rotatable bonds is 4. The van der Waals surface area contributed by atoms with Crippen molar-refractivity contribution in [3.05, 3.63) is 61.8 Å². The minimum atomic E-state index is -0.434. The number of amides is 1. The van der Waals surface area contributed by atoms with Gasteiger partial charge in [0.1, 0.15) is 0 Å². The van der Waals surface area contributed by atoms with Crippen molar-refractivity contribution in [2.24, 2.45) is 5.10 Å². The van der Waals surface area contributed by atoms with Crippen LogP contribution < -0.4 is 5.43 Å². The van der Waals surface area contributed by atoms with Crippen LogP contribution in [0.4, 0.5) is 5.69 Å². The fourth-order valence-electron chi connectivity index (χ4n) is 1.69. The Morgan fingerprint density at radius 3 is 2.76 bits per heavy atom. The zero-order valence-corrected chi connectivity index (χ0v) is 12.3. The molecular weight excluding hydrogens is 290 g/mol. The first-order valence-corrected chi connectivity index (χ1v) is 7.00. The Kier molecular flexibility index (Phi) is 4.44. The van der Waals surface area contributed by atoms with Crippen LogP contribution in [-0.2, 0) is 0 Å². The number of nitro benzene ring substituents is 1. The normalized spacial score (nSPS) is 11.2. The van der Waals surface area contributed by atoms with Crippen LogP contribution in [0.15, 0.2) is 40.8 Å². The SMILES string of the molecule is C/C(=N\NC(=O)c1cccs1)c1ccc(C)c([N+](=O)[O-])c1. The van der Waals surface area contributed by atoms with E-state index >= 15 is 0 Å². The van der Waals surface area contributed by atoms with Crippen molar-refractivity contribution in [3.8, 4) is 0 Å². The van der Waals surface area contributed by atoms with Gasteiger partial charge in [-0.25, -0.2) is 5.43 Å². The molecule has 0 saturated heterocycles. The lowest BCUT2D eigenvalue weighted by molar-refractivity contribution is -0.385. The number of nitrogens with one attached hydrogen (secondary N) is 1. The molecule has 1 aromatic heterocycles. The molecule has 0 atom stereocenters. The Morgan fingerprint density at radius 1 is 1.38 bits per heavy atom. The van der Waals surface area contributed by atoms with Gasteiger partial charge in [-0.05, 0) is 25.3 Å². The number of benzene rings is 1. The largest absolute Gasteiger partial charge is 0.281 e. The van der Waals surface area contributed by atoms with E-state index in [9.17, 15) is 14.9 Å². The highest BCUT2D eigenvalue weighted by molar-refractivity contribution is 7.12. The van der Waals surface area contributed by atoms with Gasteiger partial charge in [-0.15, -0.1) is 11.3 Å². The molecule has 21 heavy (non-hydrogen) atoms. The minimum Gasteiger partial charge on any atom is -0.266 e. The average Bonchev–Trinajstić information content (AvgIpc) is 2.98. The number of aryl methyl sites for hydroxylation is 1. The smallest absolute Gasteiger partial charge is 0.266 e. The van der Waals surface area contributed by atoms with Gasteiger partial charge in [0.05, 0.1) is 15.5 Å². The predicted octanol–water partition coefficient (Wildman–Crippen LogP) is 3.12. The van der Waals surface area contributed by atoms with Crippen LogP contribution in [0.25, 0.3) is 0 Å². The number of carbonyl (C=O) groups is 1. The fourth-order valence-corrected chi connectivity index (χ4v) is 2.31. The lowest BCUT2D eigenvalue weighted by Gasteiger charge is -2.03. The summed E-state index contributed by atoms with van der Waals surface area (Å²) in [5, 5.41) is 16.7. The second kappa shape index (κ2) is 6.27. The van der Waals surface area contributed by atoms with E-state index in [1.54, 1.807) is 43.5 Å². The van der Waals surface area contributed by atoms with E-state index < -0.39 is 4.92 Å². The van der Waals surface area contributed by atoms with Gasteiger partial charge >= 0.3 is 0 Å². The molecule has 0 spiro atoms. The Balaban J connectivity index is 2.18. The van der Waals surface area contributed by atoms with Gasteiger partial charge in [-0.1, -0.05) is 18.2 Å². The highest BCUT2D eigenvalue weighted by atomic mass is 32.1. The Labute approximate surface area is 125 Å². The first-order chi connectivity index (χ1) is 9.99. The molecule has 2 rings (SSSR count). The number of hydrogen-bond donors (Lipinski definition) is 1. The summed E-state index contributed by atoms with van der Waals surface area (Å²) in [6.45, 7) is 3.36. The lowest BCUT2D eigenvalue weighted by Crippen LogP contribution is -2.18. The molecule has 108 valence electrons. The Morgan fingerprint density at radius 2 is 2.14 bits per heavy atom. The van der Waals surface area contributed by atoms with Gasteiger partial charge in [0.15, 0.2) is 0 Å². The molecule has 0 saturated carbocycles. The summed E-state index contributed by atoms with van der Waals surface area (Å²) in [6.07, 6.45) is 0. The first-order valence-electron chi connectivity index (χ1n) is 6.12. The van der Waals surface area contributed by atoms with Crippen molar-refractivity contribution in [2.75, 3.05) is 0 Å². The second-order valence-corrected chi connectivity index (χ2v) is 5.32. The molecule has 0 fully saturated rings. The molecular formula is C14H13N3O3S. The second-order valence-electron chi connectivity index (χ2n) is 4.37. The van der Waals surface area contributed by atoms with E-state index in [0.29, 0.717) is 21.7 Å². The monoisotopic (exact) mass is 303 g/mol. The van der Waals surface area contributed by atoms with Gasteiger partial charge in [0.25, 0.3) is 11.6 Å². The predicted molar refractivity (Wildman–Crippen MR) is 81.8 cm³/mol. The molecule has 0 aliphatic carbocycles. The maximum absolute atomic E-state index is 11.8. The van der Waals surface area contributed by atoms with Crippen molar-refractivity contribution < 1.29 is 9.72 Å². The summed E-state index contributed by atoms with van der Waals surface area (Å²) >= 11 is 1.32. The molecule has 0 bridgehead atoms. The maximum Gasteiger partial charge on any atom is 0.281 e. The van der Waals surface area contributed by atoms with Crippen LogP contribution >= 0.6 is 11.3 Å². The zero-order chi connectivity index (χ0) is 15.4. The third kappa shape index (κ3) is 3.51. The summed E-state index contributed by atoms with van der Waals surface area (Å²) in [7, 11) is 0. The molecule has 2 aromatic rings. The summed E-state index contributed by atoms with van der Waals surface area (Å²) < 4.78 is 0. The van der Waals surface area contributed by atoms with Crippen molar-refractivity contribution >= 4 is 28.6 Å². The third-order valence-corrected chi connectivity index (χ3v) is 3.76. The molecule has 6 nitrogen and oxygen atoms in total. The summed E-state index contributed by atoms with van der Waals surface area (Å²) in [6, 6.07) is 8.32. The lowest BCUT2D eigenvalue weighted by atomic mass is 10.1. The van der Waals surface area contributed by atoms with E-state index in [-0.39, 0.29) is 11.6 Å². The molecule has 1 N–H and O–H groups in total. The van der Waals surface area contributed by atoms with Crippen LogP contribution in [0, 0.1) is 17.0 Å². The van der Waals surface area contributed by atoms with Crippen LogP contribution in [-0.4, -0.2) is 16.5 Å². The number of nitro groups is 1. The summed E-state index contributed by atoms with van der Waals surface area (Å²) in [5.74, 6) is -0.300. The molecule has 0 aliphatic rings. The summed E-state index contributed by atoms with van der Waals surface area (Å²) in [4.78, 5) is 22.8. The third-order valence-electron chi connectivity index (χ3n) is 2.89. The highest BCUT2D eigenvalue weighted by Gasteiger charge is 2.12. The van der Waals surface area contributed by atoms with Gasteiger partial charge < -0.3 is 0 Å². The molecule has 0 aliphatic heterocycles. The van der Waals surface area contributed by atoms with Crippen LogP contribution in [0.5, 0.6) is 0 Å². The van der Waals surface area contributed by atoms with Crippen molar-refractivity contribution in [1.82, 2.24) is 5.43 Å². The molecule has 1 amide bonds. The summed E-state index contributed by atoms with van der Waals surface area (Å²) in [5.41, 5.74) is 4.15. The van der Waals surface area contributed by atoms with Crippen LogP contribution in [0.2, 0.25) is 0 Å². The zero-order valence-electron chi connectivity index (χ0n) is 11.5. The molecule has 0 radical (unpaired) electrons. The fraction of sp³-hybridized carbons (Fsp3) is 0.143. The van der Waals surface area contributed by atoms with Crippen molar-refractivity contribution in [2.45, 2.75) is 13.8 Å². The number of thiophene rings is 1. The number of carbonyl (C=O) groups excluding carboxylic acids is 1. The highest BCUT2D eigenvalue weighted by Crippen LogP contribution is 2.19. The quantitative estimate of drug-likeness (QED) is 0.535. The number of nitrogens with zero attached hydrogens (tertiary/aromatic N) is 2. The van der Waals surface area contributed by atoms with Crippen molar-refractivity contribution in [1.29, 1.82) is 0 Å². The number of hydrogen-bond acceptors (Lipinski definition) is 5. The Bertz CT molecular complexity index is 708. The molecule has 1 aromatic carbocycles. The van der Waals surface area contributed by atoms with Crippen LogP contribution in [0.1, 0.15) is 27.7 Å². The van der Waals surface area contributed by atoms with E-state index in [1.807, 2.05) is 0 Å². The maximum atomic E-state index is 11.8. The molecule has 1 heterocycles. The number of hydrazone groups is 1. The van der Waals surface area contributed by atoms with Gasteiger partial charge in [0.2, 0.25) is 0 Å². The van der Waals surface area contributed by atoms with E-state index in [2.05, 4.69) is 10.5 Å². The standard InChI is InChI=1S/C14H13N3O3S/c1-9-5-6-11(8-12(9)17(19)20)10(2)15-16-14(18)13-4-3-7-21-13/h3-8H,1-2H3,(H,16,18)/b15-10+. The molecule has 0 unspecified atom stereocenters. The van der Waals surface area contributed by atoms with Crippen LogP contribution in [0.3, 0.4) is 0 Å². The van der Waals surface area contributed by atoms with Gasteiger partial charge in [0, 0.05) is 17.2 Å². The minimum absolute atomic E-state index is 0.0339. The van der Waals surface area contributed by atoms with E-state index in [4.69, 9.17) is 0 Å². The average molecular weight is 303 g/mol. The van der Waals surface area contributed by atoms with E-state index in [0.717, 1.165) is 0 Å². The van der Waals surface area contributed by atoms with E-state index in [1.165, 1.54) is 17.4 Å². The first kappa shape index (κ1) is 14.9.